The highest BCUT2D eigenvalue weighted by molar-refractivity contribution is 7.37. The predicted molar refractivity (Wildman–Crippen MR) is 39.4 cm³/mol. The van der Waals surface area contributed by atoms with Crippen LogP contribution in [0.3, 0.4) is 0 Å². The van der Waals surface area contributed by atoms with Gasteiger partial charge in [-0.1, -0.05) is 20.8 Å². The fourth-order valence-corrected chi connectivity index (χ4v) is 10.2. The summed E-state index contributed by atoms with van der Waals surface area (Å²) in [5.74, 6) is 0. The lowest BCUT2D eigenvalue weighted by atomic mass is 10.1. The molecule has 66 valence electrons. The maximum Gasteiger partial charge on any atom is 0.482 e. The summed E-state index contributed by atoms with van der Waals surface area (Å²) in [6.07, 6.45) is 0. The van der Waals surface area contributed by atoms with Gasteiger partial charge in [-0.05, 0) is 0 Å². The highest BCUT2D eigenvalue weighted by Gasteiger charge is 2.88. The zero-order chi connectivity index (χ0) is 9.08. The van der Waals surface area contributed by atoms with Gasteiger partial charge in [-0.2, -0.15) is 0 Å². The van der Waals surface area contributed by atoms with E-state index in [1.807, 2.05) is 0 Å². The van der Waals surface area contributed by atoms with Gasteiger partial charge in [-0.25, -0.2) is 0 Å². The molecule has 0 amide bonds. The average molecular weight is 202 g/mol. The summed E-state index contributed by atoms with van der Waals surface area (Å²) in [4.78, 5) is 0. The Hall–Kier alpha value is 0.154. The second-order valence-corrected chi connectivity index (χ2v) is 12.1. The van der Waals surface area contributed by atoms with Crippen molar-refractivity contribution in [2.75, 3.05) is 0 Å². The van der Waals surface area contributed by atoms with Crippen molar-refractivity contribution in [3.8, 4) is 0 Å². The number of rotatable bonds is 0. The van der Waals surface area contributed by atoms with Crippen LogP contribution in [0, 0.1) is 0 Å². The third-order valence-electron chi connectivity index (χ3n) is 2.85. The maximum absolute atomic E-state index is 12.8. The van der Waals surface area contributed by atoms with E-state index < -0.39 is 27.1 Å². The molecule has 1 heterocycles. The topological polar surface area (TPSA) is 0 Å². The van der Waals surface area contributed by atoms with Crippen LogP contribution in [0.1, 0.15) is 20.8 Å². The third-order valence-corrected chi connectivity index (χ3v) is 13.6. The minimum Gasteiger partial charge on any atom is -0.268 e. The normalized spacial score (nSPS) is 37.9. The van der Waals surface area contributed by atoms with E-state index >= 15 is 0 Å². The van der Waals surface area contributed by atoms with Crippen molar-refractivity contribution < 1.29 is 16.4 Å². The van der Waals surface area contributed by atoms with Gasteiger partial charge in [-0.15, -0.1) is 0 Å². The van der Waals surface area contributed by atoms with Crippen molar-refractivity contribution in [2.24, 2.45) is 0 Å². The van der Waals surface area contributed by atoms with Crippen LogP contribution in [0.4, 0.5) is 16.4 Å². The molecule has 0 nitrogen and oxygen atoms in total. The molecule has 1 saturated heterocycles. The van der Waals surface area contributed by atoms with Gasteiger partial charge in [0, 0.05) is 10.6 Å². The van der Waals surface area contributed by atoms with Gasteiger partial charge in [0.15, 0.2) is 0 Å². The average Bonchev–Trinajstić information content (AvgIpc) is 1.84. The van der Waals surface area contributed by atoms with E-state index in [0.29, 0.717) is 0 Å². The van der Waals surface area contributed by atoms with Crippen LogP contribution in [0.5, 0.6) is 0 Å². The lowest BCUT2D eigenvalue weighted by Gasteiger charge is -2.51. The van der Waals surface area contributed by atoms with E-state index in [4.69, 9.17) is 0 Å². The molecule has 0 aromatic carbocycles. The van der Waals surface area contributed by atoms with Gasteiger partial charge in [0.1, 0.15) is 0 Å². The molecule has 0 saturated carbocycles. The van der Waals surface area contributed by atoms with E-state index in [1.165, 1.54) is 20.8 Å². The Bertz CT molecular complexity index is 171. The van der Waals surface area contributed by atoms with Crippen LogP contribution in [-0.4, -0.2) is 16.5 Å². The van der Waals surface area contributed by atoms with Crippen LogP contribution in [0.15, 0.2) is 0 Å². The first kappa shape index (κ1) is 9.24. The molecule has 1 aliphatic rings. The quantitative estimate of drug-likeness (QED) is 0.322. The Kier molecular flexibility index (Phi) is 1.60. The molecule has 11 heavy (non-hydrogen) atoms. The van der Waals surface area contributed by atoms with Crippen LogP contribution < -0.4 is 0 Å². The lowest BCUT2D eigenvalue weighted by Crippen LogP contribution is -2.72. The summed E-state index contributed by atoms with van der Waals surface area (Å²) >= 11 is 0. The lowest BCUT2D eigenvalue weighted by molar-refractivity contribution is 0.371. The molecular weight excluding hydrogens is 192 g/mol. The second kappa shape index (κ2) is 1.90. The maximum atomic E-state index is 12.8. The van der Waals surface area contributed by atoms with Crippen LogP contribution in [0.2, 0.25) is 10.6 Å². The zero-order valence-electron chi connectivity index (χ0n) is 6.59. The Balaban J connectivity index is 2.98. The molecule has 0 spiro atoms. The Morgan fingerprint density at radius 3 is 1.55 bits per heavy atom. The van der Waals surface area contributed by atoms with Crippen molar-refractivity contribution >= 4 is 16.5 Å². The van der Waals surface area contributed by atoms with Gasteiger partial charge < -0.3 is 0 Å². The number of hydrogen-bond donors (Lipinski definition) is 0. The molecule has 0 aliphatic carbocycles. The molecule has 1 aliphatic heterocycles. The molecule has 0 bridgehead atoms. The van der Waals surface area contributed by atoms with Crippen molar-refractivity contribution in [1.29, 1.82) is 0 Å². The number of hydrogen-bond acceptors (Lipinski definition) is 0. The molecule has 6 heteroatoms. The number of halogens is 4. The molecule has 0 N–H and O–H groups in total. The second-order valence-electron chi connectivity index (χ2n) is 3.64. The van der Waals surface area contributed by atoms with E-state index in [9.17, 15) is 16.4 Å². The minimum atomic E-state index is -5.16. The molecular formula is C5H10F4Si2. The summed E-state index contributed by atoms with van der Waals surface area (Å²) in [7, 11) is -10.3. The van der Waals surface area contributed by atoms with Crippen LogP contribution >= 0.6 is 0 Å². The summed E-state index contributed by atoms with van der Waals surface area (Å²) in [6.45, 7) is 3.76. The van der Waals surface area contributed by atoms with Gasteiger partial charge in [-0.3, -0.25) is 16.4 Å². The molecule has 0 aromatic rings. The summed E-state index contributed by atoms with van der Waals surface area (Å²) in [5, 5.41) is -1.37. The molecule has 0 aromatic heterocycles. The molecule has 1 rings (SSSR count). The van der Waals surface area contributed by atoms with E-state index in [1.54, 1.807) is 0 Å². The van der Waals surface area contributed by atoms with Gasteiger partial charge in [0.25, 0.3) is 0 Å². The van der Waals surface area contributed by atoms with Gasteiger partial charge >= 0.3 is 16.5 Å². The SMILES string of the molecule is C[C@@H]1C(C)(C)[Si](F)(F)[Si]1(F)F. The minimum absolute atomic E-state index is 1.04. The van der Waals surface area contributed by atoms with Crippen molar-refractivity contribution in [2.45, 2.75) is 31.4 Å². The zero-order valence-corrected chi connectivity index (χ0v) is 8.59. The fourth-order valence-electron chi connectivity index (χ4n) is 1.35. The molecule has 0 unspecified atom stereocenters. The molecule has 1 fully saturated rings. The van der Waals surface area contributed by atoms with Gasteiger partial charge in [0.2, 0.25) is 0 Å². The Morgan fingerprint density at radius 2 is 1.45 bits per heavy atom. The van der Waals surface area contributed by atoms with Gasteiger partial charge in [0.05, 0.1) is 0 Å². The van der Waals surface area contributed by atoms with Crippen molar-refractivity contribution in [3.63, 3.8) is 0 Å². The first-order valence-corrected chi connectivity index (χ1v) is 8.00. The first-order valence-electron chi connectivity index (χ1n) is 3.41. The predicted octanol–water partition coefficient (Wildman–Crippen LogP) is 3.01. The summed E-state index contributed by atoms with van der Waals surface area (Å²) in [6, 6.07) is 0. The monoisotopic (exact) mass is 202 g/mol. The fraction of sp³-hybridized carbons (Fsp3) is 1.00. The highest BCUT2D eigenvalue weighted by atomic mass is 29.3. The molecule has 1 atom stereocenters. The third kappa shape index (κ3) is 0.742. The first-order chi connectivity index (χ1) is 4.65. The van der Waals surface area contributed by atoms with Crippen LogP contribution in [-0.2, 0) is 0 Å². The Morgan fingerprint density at radius 1 is 1.09 bits per heavy atom. The smallest absolute Gasteiger partial charge is 0.268 e. The summed E-state index contributed by atoms with van der Waals surface area (Å²) in [5.41, 5.74) is -1.04. The highest BCUT2D eigenvalue weighted by Crippen LogP contribution is 2.68. The van der Waals surface area contributed by atoms with Crippen molar-refractivity contribution in [1.82, 2.24) is 0 Å². The van der Waals surface area contributed by atoms with Crippen LogP contribution in [0.25, 0.3) is 0 Å². The van der Waals surface area contributed by atoms with Crippen molar-refractivity contribution in [3.05, 3.63) is 0 Å². The van der Waals surface area contributed by atoms with E-state index in [-0.39, 0.29) is 0 Å². The van der Waals surface area contributed by atoms with E-state index in [2.05, 4.69) is 0 Å². The largest absolute Gasteiger partial charge is 0.482 e. The standard InChI is InChI=1S/C5H10F4Si2/c1-4-5(2,3)11(8,9)10(4,6)7/h4H,1-3H3/t4-/m1/s1. The summed E-state index contributed by atoms with van der Waals surface area (Å²) < 4.78 is 50.9. The molecule has 0 radical (unpaired) electrons. The van der Waals surface area contributed by atoms with E-state index in [0.717, 1.165) is 0 Å². The Labute approximate surface area is 65.1 Å².